The van der Waals surface area contributed by atoms with Crippen LogP contribution in [0.1, 0.15) is 43.0 Å². The fourth-order valence-corrected chi connectivity index (χ4v) is 5.64. The first-order chi connectivity index (χ1) is 19.8. The number of nitrogens with zero attached hydrogens (tertiary/aromatic N) is 4. The number of amides is 2. The summed E-state index contributed by atoms with van der Waals surface area (Å²) in [6.45, 7) is 3.46. The van der Waals surface area contributed by atoms with E-state index in [-0.39, 0.29) is 25.1 Å². The molecule has 0 aliphatic carbocycles. The van der Waals surface area contributed by atoms with Crippen molar-refractivity contribution in [1.82, 2.24) is 20.3 Å². The second-order valence-electron chi connectivity index (χ2n) is 10.6. The minimum atomic E-state index is -1.79. The van der Waals surface area contributed by atoms with E-state index in [1.807, 2.05) is 43.3 Å². The summed E-state index contributed by atoms with van der Waals surface area (Å²) in [7, 11) is 0. The molecule has 3 heterocycles. The van der Waals surface area contributed by atoms with E-state index in [0.717, 1.165) is 30.6 Å². The van der Waals surface area contributed by atoms with Crippen molar-refractivity contribution in [2.24, 2.45) is 5.92 Å². The Morgan fingerprint density at radius 2 is 2.17 bits per heavy atom. The summed E-state index contributed by atoms with van der Waals surface area (Å²) in [5.41, 5.74) is 1.48. The predicted octanol–water partition coefficient (Wildman–Crippen LogP) is 3.17. The smallest absolute Gasteiger partial charge is 0.264 e. The van der Waals surface area contributed by atoms with E-state index >= 15 is 0 Å². The summed E-state index contributed by atoms with van der Waals surface area (Å²) in [6.07, 6.45) is 8.42. The number of hydrogen-bond donors (Lipinski definition) is 4. The molecule has 3 atom stereocenters. The van der Waals surface area contributed by atoms with Crippen molar-refractivity contribution in [2.75, 3.05) is 23.4 Å². The highest BCUT2D eigenvalue weighted by atomic mass is 35.5. The van der Waals surface area contributed by atoms with Gasteiger partial charge in [-0.3, -0.25) is 14.3 Å². The van der Waals surface area contributed by atoms with E-state index < -0.39 is 17.4 Å². The van der Waals surface area contributed by atoms with E-state index in [1.54, 1.807) is 34.0 Å². The third kappa shape index (κ3) is 6.20. The van der Waals surface area contributed by atoms with E-state index in [9.17, 15) is 14.7 Å². The zero-order valence-corrected chi connectivity index (χ0v) is 23.7. The third-order valence-corrected chi connectivity index (χ3v) is 7.94. The molecule has 1 aromatic heterocycles. The van der Waals surface area contributed by atoms with Crippen LogP contribution < -0.4 is 15.5 Å². The number of nitrogens with one attached hydrogen (secondary N) is 2. The van der Waals surface area contributed by atoms with Crippen molar-refractivity contribution in [3.63, 3.8) is 0 Å². The van der Waals surface area contributed by atoms with Crippen molar-refractivity contribution in [1.29, 1.82) is 0 Å². The lowest BCUT2D eigenvalue weighted by molar-refractivity contribution is -0.139. The molecule has 2 amide bonds. The number of carbonyl (C=O) groups excluding carboxylic acids is 2. The molecule has 0 unspecified atom stereocenters. The summed E-state index contributed by atoms with van der Waals surface area (Å²) in [5, 5.41) is 35.6. The van der Waals surface area contributed by atoms with Gasteiger partial charge in [0.05, 0.1) is 24.0 Å². The number of hydrogen-bond acceptors (Lipinski definition) is 7. The Hall–Kier alpha value is -3.57. The maximum atomic E-state index is 13.9. The van der Waals surface area contributed by atoms with Crippen LogP contribution in [-0.4, -0.2) is 56.2 Å². The van der Waals surface area contributed by atoms with Crippen LogP contribution in [0.2, 0.25) is 5.02 Å². The number of fused-ring (bicyclic) bond motifs is 1. The summed E-state index contributed by atoms with van der Waals surface area (Å²) in [5.74, 6) is -1.04. The van der Waals surface area contributed by atoms with Crippen molar-refractivity contribution < 1.29 is 19.8 Å². The highest BCUT2D eigenvalue weighted by Crippen LogP contribution is 2.46. The molecule has 0 bridgehead atoms. The molecule has 216 valence electrons. The largest absolute Gasteiger partial charge is 0.396 e. The molecule has 0 spiro atoms. The molecule has 0 saturated carbocycles. The fourth-order valence-electron chi connectivity index (χ4n) is 5.47. The molecule has 11 heteroatoms. The lowest BCUT2D eigenvalue weighted by Gasteiger charge is -2.28. The third-order valence-electron chi connectivity index (χ3n) is 7.71. The van der Waals surface area contributed by atoms with Crippen molar-refractivity contribution in [2.45, 2.75) is 57.3 Å². The Labute approximate surface area is 244 Å². The molecular formula is C30H35ClN6O4. The molecule has 41 heavy (non-hydrogen) atoms. The molecule has 10 nitrogen and oxygen atoms in total. The first-order valence-corrected chi connectivity index (χ1v) is 14.3. The molecule has 1 saturated heterocycles. The molecule has 3 aromatic rings. The standard InChI is InChI=1S/C30H35ClN6O4/c1-20(6-2-3-14-36-19-24(12-15-38)34-35-36)30(41)25-17-22(31)10-11-27(25)37(29(30)40)18-21-7-4-8-23(16-21)33-28(39)26-9-5-13-32-26/h2,4,6-8,10-11,16-17,19-20,26,32,38,41H,3,5,9,12-15,18H2,1H3,(H,33,39)/b6-2+/t20-,26-,30+/m1/s1. The summed E-state index contributed by atoms with van der Waals surface area (Å²) < 4.78 is 1.70. The van der Waals surface area contributed by atoms with Crippen molar-refractivity contribution in [3.8, 4) is 0 Å². The van der Waals surface area contributed by atoms with Crippen LogP contribution >= 0.6 is 11.6 Å². The normalized spacial score (nSPS) is 21.0. The van der Waals surface area contributed by atoms with Gasteiger partial charge in [-0.2, -0.15) is 0 Å². The highest BCUT2D eigenvalue weighted by Gasteiger charge is 2.52. The van der Waals surface area contributed by atoms with Crippen molar-refractivity contribution in [3.05, 3.63) is 82.7 Å². The average molecular weight is 579 g/mol. The number of aliphatic hydroxyl groups is 2. The number of allylic oxidation sites excluding steroid dienone is 1. The van der Waals surface area contributed by atoms with Gasteiger partial charge in [0.1, 0.15) is 0 Å². The Bertz CT molecular complexity index is 1440. The van der Waals surface area contributed by atoms with E-state index in [2.05, 4.69) is 20.9 Å². The Morgan fingerprint density at radius 1 is 1.32 bits per heavy atom. The lowest BCUT2D eigenvalue weighted by Crippen LogP contribution is -2.44. The Balaban J connectivity index is 1.30. The van der Waals surface area contributed by atoms with Gasteiger partial charge in [-0.25, -0.2) is 0 Å². The molecular weight excluding hydrogens is 544 g/mol. The minimum absolute atomic E-state index is 0.0192. The van der Waals surface area contributed by atoms with Crippen LogP contribution in [0.3, 0.4) is 0 Å². The average Bonchev–Trinajstić information content (AvgIpc) is 3.70. The van der Waals surface area contributed by atoms with Gasteiger partial charge in [0, 0.05) is 48.0 Å². The molecule has 1 fully saturated rings. The zero-order chi connectivity index (χ0) is 29.0. The van der Waals surface area contributed by atoms with Gasteiger partial charge in [0.25, 0.3) is 5.91 Å². The maximum absolute atomic E-state index is 13.9. The molecule has 0 radical (unpaired) electrons. The molecule has 2 aliphatic rings. The number of aryl methyl sites for hydroxylation is 1. The van der Waals surface area contributed by atoms with E-state index in [0.29, 0.717) is 41.3 Å². The van der Waals surface area contributed by atoms with Crippen LogP contribution in [-0.2, 0) is 34.7 Å². The second-order valence-corrected chi connectivity index (χ2v) is 11.0. The highest BCUT2D eigenvalue weighted by molar-refractivity contribution is 6.31. The number of anilines is 2. The second kappa shape index (κ2) is 12.5. The van der Waals surface area contributed by atoms with Crippen LogP contribution in [0.15, 0.2) is 60.8 Å². The van der Waals surface area contributed by atoms with Gasteiger partial charge in [-0.05, 0) is 61.7 Å². The summed E-state index contributed by atoms with van der Waals surface area (Å²) in [6, 6.07) is 12.3. The van der Waals surface area contributed by atoms with Crippen molar-refractivity contribution >= 4 is 34.8 Å². The molecule has 5 rings (SSSR count). The molecule has 4 N–H and O–H groups in total. The van der Waals surface area contributed by atoms with Gasteiger partial charge in [0.2, 0.25) is 5.91 Å². The van der Waals surface area contributed by atoms with Gasteiger partial charge in [0.15, 0.2) is 5.60 Å². The SMILES string of the molecule is C[C@H](/C=C/CCn1cc(CCO)nn1)[C@@]1(O)C(=O)N(Cc2cccc(NC(=O)[C@H]3CCCN3)c2)c2ccc(Cl)cc21. The van der Waals surface area contributed by atoms with Gasteiger partial charge in [-0.1, -0.05) is 48.0 Å². The topological polar surface area (TPSA) is 133 Å². The Kier molecular flexibility index (Phi) is 8.84. The summed E-state index contributed by atoms with van der Waals surface area (Å²) >= 11 is 6.32. The maximum Gasteiger partial charge on any atom is 0.264 e. The van der Waals surface area contributed by atoms with Gasteiger partial charge < -0.3 is 25.7 Å². The lowest BCUT2D eigenvalue weighted by atomic mass is 9.83. The van der Waals surface area contributed by atoms with Gasteiger partial charge in [-0.15, -0.1) is 5.10 Å². The molecule has 2 aromatic carbocycles. The number of halogens is 1. The monoisotopic (exact) mass is 578 g/mol. The number of benzene rings is 2. The quantitative estimate of drug-likeness (QED) is 0.257. The van der Waals surface area contributed by atoms with Crippen LogP contribution in [0.25, 0.3) is 0 Å². The van der Waals surface area contributed by atoms with E-state index in [4.69, 9.17) is 16.7 Å². The van der Waals surface area contributed by atoms with Crippen LogP contribution in [0, 0.1) is 5.92 Å². The van der Waals surface area contributed by atoms with Crippen LogP contribution in [0.5, 0.6) is 0 Å². The van der Waals surface area contributed by atoms with Gasteiger partial charge >= 0.3 is 0 Å². The summed E-state index contributed by atoms with van der Waals surface area (Å²) in [4.78, 5) is 28.0. The van der Waals surface area contributed by atoms with E-state index in [1.165, 1.54) is 0 Å². The minimum Gasteiger partial charge on any atom is -0.396 e. The number of rotatable bonds is 11. The molecule has 2 aliphatic heterocycles. The van der Waals surface area contributed by atoms with Crippen LogP contribution in [0.4, 0.5) is 11.4 Å². The first-order valence-electron chi connectivity index (χ1n) is 13.9. The zero-order valence-electron chi connectivity index (χ0n) is 23.0. The number of aliphatic hydroxyl groups excluding tert-OH is 1. The number of carbonyl (C=O) groups is 2. The Morgan fingerprint density at radius 3 is 2.95 bits per heavy atom. The number of aromatic nitrogens is 3. The fraction of sp³-hybridized carbons (Fsp3) is 0.400. The predicted molar refractivity (Wildman–Crippen MR) is 156 cm³/mol. The first kappa shape index (κ1) is 28.9.